The molecule has 1 aliphatic heterocycles. The van der Waals surface area contributed by atoms with Gasteiger partial charge in [-0.2, -0.15) is 0 Å². The zero-order valence-corrected chi connectivity index (χ0v) is 11.6. The summed E-state index contributed by atoms with van der Waals surface area (Å²) in [6.45, 7) is 1.64. The van der Waals surface area contributed by atoms with E-state index >= 15 is 0 Å². The van der Waals surface area contributed by atoms with Gasteiger partial charge >= 0.3 is 12.0 Å². The number of carbonyl (C=O) groups is 2. The van der Waals surface area contributed by atoms with Crippen molar-refractivity contribution in [2.75, 3.05) is 20.1 Å². The van der Waals surface area contributed by atoms with Crippen molar-refractivity contribution in [3.8, 4) is 0 Å². The van der Waals surface area contributed by atoms with Gasteiger partial charge in [-0.3, -0.25) is 4.79 Å². The molecule has 1 aromatic rings. The highest BCUT2D eigenvalue weighted by atomic mass is 16.4. The molecule has 0 saturated carbocycles. The number of carboxylic acid groups (broad SMARTS) is 1. The highest BCUT2D eigenvalue weighted by Crippen LogP contribution is 2.20. The van der Waals surface area contributed by atoms with Crippen LogP contribution in [0.25, 0.3) is 0 Å². The van der Waals surface area contributed by atoms with E-state index in [9.17, 15) is 9.59 Å². The van der Waals surface area contributed by atoms with Crippen molar-refractivity contribution in [2.24, 2.45) is 5.92 Å². The Bertz CT molecular complexity index is 460. The maximum atomic E-state index is 12.3. The number of nitrogens with zero attached hydrogens (tertiary/aromatic N) is 3. The van der Waals surface area contributed by atoms with Gasteiger partial charge in [-0.1, -0.05) is 0 Å². The number of rotatable bonds is 4. The summed E-state index contributed by atoms with van der Waals surface area (Å²) in [6, 6.07) is -0.0727. The molecule has 0 radical (unpaired) electrons. The molecule has 1 fully saturated rings. The lowest BCUT2D eigenvalue weighted by Gasteiger charge is -2.34. The van der Waals surface area contributed by atoms with Crippen LogP contribution in [-0.2, 0) is 11.3 Å². The topological polar surface area (TPSA) is 89.5 Å². The molecule has 20 heavy (non-hydrogen) atoms. The zero-order chi connectivity index (χ0) is 14.5. The maximum Gasteiger partial charge on any atom is 0.320 e. The summed E-state index contributed by atoms with van der Waals surface area (Å²) >= 11 is 0. The Hall–Kier alpha value is -2.05. The third kappa shape index (κ3) is 3.72. The van der Waals surface area contributed by atoms with Crippen LogP contribution in [0, 0.1) is 5.92 Å². The molecule has 1 aliphatic rings. The summed E-state index contributed by atoms with van der Waals surface area (Å²) in [5.74, 6) is -0.00426. The first-order chi connectivity index (χ1) is 9.56. The fourth-order valence-corrected chi connectivity index (χ4v) is 2.57. The van der Waals surface area contributed by atoms with Gasteiger partial charge in [0, 0.05) is 39.0 Å². The molecule has 1 unspecified atom stereocenters. The summed E-state index contributed by atoms with van der Waals surface area (Å²) in [6.07, 6.45) is 5.23. The number of imidazole rings is 1. The molecule has 0 spiro atoms. The number of carboxylic acids is 1. The monoisotopic (exact) mass is 280 g/mol. The van der Waals surface area contributed by atoms with E-state index in [0.717, 1.165) is 18.7 Å². The Labute approximate surface area is 117 Å². The Morgan fingerprint density at radius 3 is 3.05 bits per heavy atom. The van der Waals surface area contributed by atoms with Crippen molar-refractivity contribution in [2.45, 2.75) is 25.8 Å². The van der Waals surface area contributed by atoms with Crippen LogP contribution in [0.5, 0.6) is 0 Å². The lowest BCUT2D eigenvalue weighted by molar-refractivity contribution is -0.138. The van der Waals surface area contributed by atoms with E-state index in [2.05, 4.69) is 9.97 Å². The van der Waals surface area contributed by atoms with E-state index in [1.807, 2.05) is 0 Å². The Morgan fingerprint density at radius 2 is 2.40 bits per heavy atom. The highest BCUT2D eigenvalue weighted by Gasteiger charge is 2.27. The average Bonchev–Trinajstić information content (AvgIpc) is 2.90. The van der Waals surface area contributed by atoms with Crippen LogP contribution in [0.1, 0.15) is 25.1 Å². The fourth-order valence-electron chi connectivity index (χ4n) is 2.57. The average molecular weight is 280 g/mol. The Morgan fingerprint density at radius 1 is 1.60 bits per heavy atom. The van der Waals surface area contributed by atoms with Crippen molar-refractivity contribution in [3.63, 3.8) is 0 Å². The number of piperidine rings is 1. The first-order valence-corrected chi connectivity index (χ1v) is 6.76. The molecule has 0 aliphatic carbocycles. The quantitative estimate of drug-likeness (QED) is 0.865. The molecule has 7 nitrogen and oxygen atoms in total. The lowest BCUT2D eigenvalue weighted by atomic mass is 9.95. The summed E-state index contributed by atoms with van der Waals surface area (Å²) in [5, 5.41) is 8.84. The van der Waals surface area contributed by atoms with E-state index in [1.165, 1.54) is 0 Å². The van der Waals surface area contributed by atoms with Gasteiger partial charge in [-0.05, 0) is 18.8 Å². The SMILES string of the molecule is CN(Cc1ncc[nH]1)C(=O)N1CCCC(CC(=O)O)C1. The summed E-state index contributed by atoms with van der Waals surface area (Å²) < 4.78 is 0. The zero-order valence-electron chi connectivity index (χ0n) is 11.6. The van der Waals surface area contributed by atoms with Crippen molar-refractivity contribution in [1.82, 2.24) is 19.8 Å². The predicted molar refractivity (Wildman–Crippen MR) is 72.0 cm³/mol. The second-order valence-electron chi connectivity index (χ2n) is 5.23. The van der Waals surface area contributed by atoms with Gasteiger partial charge in [0.05, 0.1) is 6.54 Å². The molecule has 0 bridgehead atoms. The van der Waals surface area contributed by atoms with Gasteiger partial charge in [-0.25, -0.2) is 9.78 Å². The first kappa shape index (κ1) is 14.4. The van der Waals surface area contributed by atoms with E-state index in [-0.39, 0.29) is 18.4 Å². The highest BCUT2D eigenvalue weighted by molar-refractivity contribution is 5.74. The number of hydrogen-bond donors (Lipinski definition) is 2. The summed E-state index contributed by atoms with van der Waals surface area (Å²) in [5.41, 5.74) is 0. The number of urea groups is 1. The molecule has 110 valence electrons. The van der Waals surface area contributed by atoms with Crippen molar-refractivity contribution >= 4 is 12.0 Å². The minimum absolute atomic E-state index is 0.0576. The third-order valence-corrected chi connectivity index (χ3v) is 3.52. The van der Waals surface area contributed by atoms with Gasteiger partial charge in [0.1, 0.15) is 5.82 Å². The molecule has 1 saturated heterocycles. The standard InChI is InChI=1S/C13H20N4O3/c1-16(9-11-14-4-5-15-11)13(20)17-6-2-3-10(8-17)7-12(18)19/h4-5,10H,2-3,6-9H2,1H3,(H,14,15)(H,18,19). The number of carbonyl (C=O) groups excluding carboxylic acids is 1. The second kappa shape index (κ2) is 6.40. The van der Waals surface area contributed by atoms with E-state index in [4.69, 9.17) is 5.11 Å². The molecule has 0 aromatic carbocycles. The van der Waals surface area contributed by atoms with Crippen molar-refractivity contribution < 1.29 is 14.7 Å². The van der Waals surface area contributed by atoms with Crippen LogP contribution >= 0.6 is 0 Å². The smallest absolute Gasteiger partial charge is 0.320 e. The van der Waals surface area contributed by atoms with Gasteiger partial charge in [0.25, 0.3) is 0 Å². The summed E-state index contributed by atoms with van der Waals surface area (Å²) in [4.78, 5) is 33.5. The van der Waals surface area contributed by atoms with Crippen LogP contribution in [0.4, 0.5) is 4.79 Å². The van der Waals surface area contributed by atoms with Crippen LogP contribution in [0.15, 0.2) is 12.4 Å². The number of hydrogen-bond acceptors (Lipinski definition) is 3. The number of aliphatic carboxylic acids is 1. The van der Waals surface area contributed by atoms with Crippen LogP contribution in [0.2, 0.25) is 0 Å². The number of likely N-dealkylation sites (tertiary alicyclic amines) is 1. The minimum atomic E-state index is -0.798. The minimum Gasteiger partial charge on any atom is -0.481 e. The van der Waals surface area contributed by atoms with Gasteiger partial charge in [-0.15, -0.1) is 0 Å². The predicted octanol–water partition coefficient (Wildman–Crippen LogP) is 1.15. The van der Waals surface area contributed by atoms with E-state index in [1.54, 1.807) is 29.2 Å². The maximum absolute atomic E-state index is 12.3. The van der Waals surface area contributed by atoms with Gasteiger partial charge < -0.3 is 19.9 Å². The molecule has 2 heterocycles. The first-order valence-electron chi connectivity index (χ1n) is 6.76. The number of amides is 2. The second-order valence-corrected chi connectivity index (χ2v) is 5.23. The van der Waals surface area contributed by atoms with Crippen LogP contribution in [0.3, 0.4) is 0 Å². The number of nitrogens with one attached hydrogen (secondary N) is 1. The molecule has 2 N–H and O–H groups in total. The van der Waals surface area contributed by atoms with E-state index in [0.29, 0.717) is 19.6 Å². The Balaban J connectivity index is 1.89. The molecular formula is C13H20N4O3. The van der Waals surface area contributed by atoms with Crippen LogP contribution in [-0.4, -0.2) is 57.0 Å². The van der Waals surface area contributed by atoms with E-state index < -0.39 is 5.97 Å². The Kier molecular flexibility index (Phi) is 4.60. The van der Waals surface area contributed by atoms with Gasteiger partial charge in [0.15, 0.2) is 0 Å². The normalized spacial score (nSPS) is 18.9. The molecule has 1 aromatic heterocycles. The number of H-pyrrole nitrogens is 1. The fraction of sp³-hybridized carbons (Fsp3) is 0.615. The number of aromatic amines is 1. The molecular weight excluding hydrogens is 260 g/mol. The summed E-state index contributed by atoms with van der Waals surface area (Å²) in [7, 11) is 1.73. The van der Waals surface area contributed by atoms with Crippen LogP contribution < -0.4 is 0 Å². The number of aromatic nitrogens is 2. The molecule has 7 heteroatoms. The largest absolute Gasteiger partial charge is 0.481 e. The lowest BCUT2D eigenvalue weighted by Crippen LogP contribution is -2.46. The molecule has 1 atom stereocenters. The molecule has 2 rings (SSSR count). The van der Waals surface area contributed by atoms with Gasteiger partial charge in [0.2, 0.25) is 0 Å². The third-order valence-electron chi connectivity index (χ3n) is 3.52. The van der Waals surface area contributed by atoms with Crippen molar-refractivity contribution in [3.05, 3.63) is 18.2 Å². The van der Waals surface area contributed by atoms with Crippen molar-refractivity contribution in [1.29, 1.82) is 0 Å². The molecule has 2 amide bonds.